The average Bonchev–Trinajstić information content (AvgIpc) is 2.27. The summed E-state index contributed by atoms with van der Waals surface area (Å²) in [6, 6.07) is 0. The Morgan fingerprint density at radius 1 is 1.18 bits per heavy atom. The number of likely N-dealkylation sites (tertiary alicyclic amines) is 1. The first kappa shape index (κ1) is 13.4. The van der Waals surface area contributed by atoms with Gasteiger partial charge in [-0.05, 0) is 19.8 Å². The van der Waals surface area contributed by atoms with Crippen molar-refractivity contribution in [3.63, 3.8) is 0 Å². The minimum absolute atomic E-state index is 0.0138. The lowest BCUT2D eigenvalue weighted by Crippen LogP contribution is -2.52. The fourth-order valence-corrected chi connectivity index (χ4v) is 2.05. The fraction of sp³-hybridized carbons (Fsp3) is 0.700. The summed E-state index contributed by atoms with van der Waals surface area (Å²) in [6.07, 6.45) is -2.69. The Morgan fingerprint density at radius 3 is 1.94 bits per heavy atom. The zero-order chi connectivity index (χ0) is 13.2. The van der Waals surface area contributed by atoms with E-state index in [1.165, 1.54) is 6.92 Å². The van der Waals surface area contributed by atoms with Crippen molar-refractivity contribution >= 4 is 17.8 Å². The van der Waals surface area contributed by atoms with E-state index in [0.29, 0.717) is 0 Å². The first-order valence-electron chi connectivity index (χ1n) is 5.25. The number of rotatable bonds is 3. The van der Waals surface area contributed by atoms with E-state index < -0.39 is 29.4 Å². The van der Waals surface area contributed by atoms with Crippen molar-refractivity contribution in [3.05, 3.63) is 0 Å². The van der Waals surface area contributed by atoms with Crippen LogP contribution in [0.1, 0.15) is 19.8 Å². The number of carboxylic acids is 1. The largest absolute Gasteiger partial charge is 0.480 e. The molecule has 1 amide bonds. The number of hydrogen-bond acceptors (Lipinski definition) is 4. The van der Waals surface area contributed by atoms with Gasteiger partial charge in [0.2, 0.25) is 0 Å². The van der Waals surface area contributed by atoms with Gasteiger partial charge in [-0.25, -0.2) is 4.79 Å². The van der Waals surface area contributed by atoms with Gasteiger partial charge in [0.05, 0.1) is 0 Å². The molecule has 0 aromatic rings. The van der Waals surface area contributed by atoms with Crippen molar-refractivity contribution in [1.29, 1.82) is 0 Å². The van der Waals surface area contributed by atoms with E-state index in [0.717, 1.165) is 4.90 Å². The van der Waals surface area contributed by atoms with Crippen molar-refractivity contribution in [3.8, 4) is 0 Å². The van der Waals surface area contributed by atoms with E-state index in [2.05, 4.69) is 0 Å². The molecule has 1 rings (SSSR count). The summed E-state index contributed by atoms with van der Waals surface area (Å²) in [6.45, 7) is 1.19. The number of aliphatic carboxylic acids is 1. The van der Waals surface area contributed by atoms with Gasteiger partial charge in [-0.15, -0.1) is 0 Å². The monoisotopic (exact) mass is 245 g/mol. The number of ketones is 1. The van der Waals surface area contributed by atoms with Crippen LogP contribution in [0.3, 0.4) is 0 Å². The molecule has 1 aliphatic heterocycles. The maximum atomic E-state index is 11.7. The van der Waals surface area contributed by atoms with Crippen LogP contribution in [0.4, 0.5) is 4.79 Å². The van der Waals surface area contributed by atoms with Crippen LogP contribution >= 0.6 is 0 Å². The molecule has 1 fully saturated rings. The van der Waals surface area contributed by atoms with Crippen molar-refractivity contribution in [2.24, 2.45) is 5.41 Å². The van der Waals surface area contributed by atoms with E-state index >= 15 is 0 Å². The maximum absolute atomic E-state index is 11.7. The zero-order valence-corrected chi connectivity index (χ0v) is 9.42. The van der Waals surface area contributed by atoms with Crippen molar-refractivity contribution < 1.29 is 29.7 Å². The standard InChI is InChI=1S/C10H15NO6/c1-6(12)7(13)10(8(14)15)2-4-11(5-3-10)9(16)17/h6,12H,2-5H2,1H3,(H,14,15)(H,16,17)/t6-/m0/s1. The lowest BCUT2D eigenvalue weighted by Gasteiger charge is -2.37. The number of aliphatic hydroxyl groups is 1. The van der Waals surface area contributed by atoms with E-state index in [1.807, 2.05) is 0 Å². The second kappa shape index (κ2) is 4.70. The predicted molar refractivity (Wildman–Crippen MR) is 55.6 cm³/mol. The van der Waals surface area contributed by atoms with Gasteiger partial charge in [-0.3, -0.25) is 9.59 Å². The Hall–Kier alpha value is -1.63. The van der Waals surface area contributed by atoms with E-state index in [1.54, 1.807) is 0 Å². The second-order valence-corrected chi connectivity index (χ2v) is 4.20. The summed E-state index contributed by atoms with van der Waals surface area (Å²) >= 11 is 0. The molecule has 1 aliphatic rings. The van der Waals surface area contributed by atoms with E-state index in [4.69, 9.17) is 10.2 Å². The van der Waals surface area contributed by atoms with Gasteiger partial charge in [-0.2, -0.15) is 0 Å². The molecule has 96 valence electrons. The first-order chi connectivity index (χ1) is 7.81. The smallest absolute Gasteiger partial charge is 0.407 e. The molecule has 0 radical (unpaired) electrons. The second-order valence-electron chi connectivity index (χ2n) is 4.20. The van der Waals surface area contributed by atoms with Gasteiger partial charge >= 0.3 is 12.1 Å². The molecule has 0 saturated carbocycles. The quantitative estimate of drug-likeness (QED) is 0.592. The number of aliphatic hydroxyl groups excluding tert-OH is 1. The highest BCUT2D eigenvalue weighted by molar-refractivity contribution is 6.05. The minimum atomic E-state index is -1.65. The van der Waals surface area contributed by atoms with Gasteiger partial charge in [0, 0.05) is 13.1 Å². The van der Waals surface area contributed by atoms with E-state index in [-0.39, 0.29) is 25.9 Å². The molecule has 0 unspecified atom stereocenters. The van der Waals surface area contributed by atoms with Gasteiger partial charge < -0.3 is 20.2 Å². The minimum Gasteiger partial charge on any atom is -0.480 e. The zero-order valence-electron chi connectivity index (χ0n) is 9.42. The highest BCUT2D eigenvalue weighted by atomic mass is 16.4. The summed E-state index contributed by atoms with van der Waals surface area (Å²) in [5, 5.41) is 27.1. The van der Waals surface area contributed by atoms with Gasteiger partial charge in [0.15, 0.2) is 5.78 Å². The molecule has 0 aliphatic carbocycles. The third-order valence-electron chi connectivity index (χ3n) is 3.15. The molecule has 0 aromatic heterocycles. The summed E-state index contributed by atoms with van der Waals surface area (Å²) in [5.41, 5.74) is -1.65. The Bertz CT molecular complexity index is 343. The lowest BCUT2D eigenvalue weighted by atomic mass is 9.73. The number of carbonyl (C=O) groups is 3. The van der Waals surface area contributed by atoms with Crippen LogP contribution in [0.5, 0.6) is 0 Å². The Balaban J connectivity index is 2.88. The van der Waals surface area contributed by atoms with Crippen molar-refractivity contribution in [1.82, 2.24) is 4.90 Å². The Labute approximate surface area is 97.6 Å². The topological polar surface area (TPSA) is 115 Å². The number of piperidine rings is 1. The van der Waals surface area contributed by atoms with Crippen molar-refractivity contribution in [2.45, 2.75) is 25.9 Å². The molecule has 1 heterocycles. The third-order valence-corrected chi connectivity index (χ3v) is 3.15. The molecule has 0 spiro atoms. The van der Waals surface area contributed by atoms with Gasteiger partial charge in [0.1, 0.15) is 11.5 Å². The van der Waals surface area contributed by atoms with Crippen LogP contribution in [0, 0.1) is 5.41 Å². The molecule has 1 atom stereocenters. The molecule has 7 heteroatoms. The molecule has 7 nitrogen and oxygen atoms in total. The SMILES string of the molecule is C[C@H](O)C(=O)C1(C(=O)O)CCN(C(=O)O)CC1. The third kappa shape index (κ3) is 2.38. The Kier molecular flexibility index (Phi) is 3.72. The van der Waals surface area contributed by atoms with Crippen molar-refractivity contribution in [2.75, 3.05) is 13.1 Å². The number of hydrogen-bond donors (Lipinski definition) is 3. The molecule has 1 saturated heterocycles. The molecule has 17 heavy (non-hydrogen) atoms. The molecule has 0 bridgehead atoms. The number of carboxylic acid groups (broad SMARTS) is 2. The summed E-state index contributed by atoms with van der Waals surface area (Å²) in [4.78, 5) is 34.7. The molecular weight excluding hydrogens is 230 g/mol. The number of amides is 1. The van der Waals surface area contributed by atoms with Crippen LogP contribution in [0.2, 0.25) is 0 Å². The molecule has 0 aromatic carbocycles. The molecule has 3 N–H and O–H groups in total. The average molecular weight is 245 g/mol. The molecular formula is C10H15NO6. The fourth-order valence-electron chi connectivity index (χ4n) is 2.05. The number of Topliss-reactive ketones (excluding diaryl/α,β-unsaturated/α-hetero) is 1. The highest BCUT2D eigenvalue weighted by Gasteiger charge is 2.49. The van der Waals surface area contributed by atoms with Gasteiger partial charge in [-0.1, -0.05) is 0 Å². The van der Waals surface area contributed by atoms with Crippen LogP contribution in [-0.4, -0.2) is 57.3 Å². The van der Waals surface area contributed by atoms with Crippen LogP contribution in [-0.2, 0) is 9.59 Å². The predicted octanol–water partition coefficient (Wildman–Crippen LogP) is -0.219. The normalized spacial score (nSPS) is 20.7. The van der Waals surface area contributed by atoms with Crippen LogP contribution < -0.4 is 0 Å². The summed E-state index contributed by atoms with van der Waals surface area (Å²) in [5.74, 6) is -2.05. The van der Waals surface area contributed by atoms with E-state index in [9.17, 15) is 19.5 Å². The van der Waals surface area contributed by atoms with Crippen LogP contribution in [0.15, 0.2) is 0 Å². The maximum Gasteiger partial charge on any atom is 0.407 e. The first-order valence-corrected chi connectivity index (χ1v) is 5.25. The summed E-state index contributed by atoms with van der Waals surface area (Å²) < 4.78 is 0. The van der Waals surface area contributed by atoms with Gasteiger partial charge in [0.25, 0.3) is 0 Å². The van der Waals surface area contributed by atoms with Crippen LogP contribution in [0.25, 0.3) is 0 Å². The highest BCUT2D eigenvalue weighted by Crippen LogP contribution is 2.34. The lowest BCUT2D eigenvalue weighted by molar-refractivity contribution is -0.161. The number of carbonyl (C=O) groups excluding carboxylic acids is 1. The Morgan fingerprint density at radius 2 is 1.65 bits per heavy atom. The number of nitrogens with zero attached hydrogens (tertiary/aromatic N) is 1. The summed E-state index contributed by atoms with van der Waals surface area (Å²) in [7, 11) is 0.